The van der Waals surface area contributed by atoms with Gasteiger partial charge in [0.2, 0.25) is 0 Å². The Bertz CT molecular complexity index is 414. The first kappa shape index (κ1) is 15.5. The third-order valence-corrected chi connectivity index (χ3v) is 2.94. The number of nitrogens with zero attached hydrogens (tertiary/aromatic N) is 3. The van der Waals surface area contributed by atoms with E-state index >= 15 is 0 Å². The van der Waals surface area contributed by atoms with E-state index in [0.29, 0.717) is 11.7 Å². The molecule has 4 nitrogen and oxygen atoms in total. The zero-order chi connectivity index (χ0) is 14.1. The van der Waals surface area contributed by atoms with Crippen molar-refractivity contribution in [2.45, 2.75) is 19.4 Å². The van der Waals surface area contributed by atoms with Gasteiger partial charge in [0.25, 0.3) is 0 Å². The van der Waals surface area contributed by atoms with Gasteiger partial charge in [0.15, 0.2) is 5.96 Å². The Morgan fingerprint density at radius 3 is 2.95 bits per heavy atom. The molecule has 0 aromatic carbocycles. The van der Waals surface area contributed by atoms with Gasteiger partial charge in [-0.3, -0.25) is 4.99 Å². The number of aromatic nitrogens is 1. The van der Waals surface area contributed by atoms with Crippen LogP contribution in [0, 0.1) is 0 Å². The summed E-state index contributed by atoms with van der Waals surface area (Å²) in [5.41, 5.74) is 1.07. The predicted octanol–water partition coefficient (Wildman–Crippen LogP) is 2.71. The first-order chi connectivity index (χ1) is 9.17. The van der Waals surface area contributed by atoms with Crippen molar-refractivity contribution in [3.8, 4) is 0 Å². The normalized spacial score (nSPS) is 11.2. The predicted molar refractivity (Wildman–Crippen MR) is 81.5 cm³/mol. The molecule has 0 saturated carbocycles. The molecule has 0 atom stereocenters. The van der Waals surface area contributed by atoms with Crippen molar-refractivity contribution in [1.29, 1.82) is 0 Å². The lowest BCUT2D eigenvalue weighted by Gasteiger charge is -2.21. The van der Waals surface area contributed by atoms with Crippen LogP contribution >= 0.6 is 11.6 Å². The Morgan fingerprint density at radius 1 is 1.58 bits per heavy atom. The molecule has 1 heterocycles. The highest BCUT2D eigenvalue weighted by Gasteiger charge is 2.04. The Morgan fingerprint density at radius 2 is 2.37 bits per heavy atom. The summed E-state index contributed by atoms with van der Waals surface area (Å²) < 4.78 is 0. The van der Waals surface area contributed by atoms with Gasteiger partial charge in [-0.15, -0.1) is 6.58 Å². The molecular formula is C14H21ClN4. The van der Waals surface area contributed by atoms with Crippen molar-refractivity contribution in [3.05, 3.63) is 41.7 Å². The summed E-state index contributed by atoms with van der Waals surface area (Å²) in [7, 11) is 3.81. The average Bonchev–Trinajstić information content (AvgIpc) is 2.42. The molecule has 5 heteroatoms. The molecule has 1 aromatic rings. The molecule has 1 rings (SSSR count). The summed E-state index contributed by atoms with van der Waals surface area (Å²) in [4.78, 5) is 10.4. The number of hydrogen-bond donors (Lipinski definition) is 1. The fourth-order valence-electron chi connectivity index (χ4n) is 1.66. The first-order valence-electron chi connectivity index (χ1n) is 6.30. The standard InChI is InChI=1S/C14H21ClN4/c1-4-5-6-9-19(3)14(16-2)18-11-12-7-8-13(15)17-10-12/h4,7-8,10H,1,5-6,9,11H2,2-3H3,(H,16,18). The van der Waals surface area contributed by atoms with Crippen molar-refractivity contribution in [3.63, 3.8) is 0 Å². The van der Waals surface area contributed by atoms with E-state index in [1.807, 2.05) is 19.2 Å². The lowest BCUT2D eigenvalue weighted by atomic mass is 10.3. The number of unbranched alkanes of at least 4 members (excludes halogenated alkanes) is 1. The highest BCUT2D eigenvalue weighted by atomic mass is 35.5. The van der Waals surface area contributed by atoms with E-state index in [4.69, 9.17) is 11.6 Å². The van der Waals surface area contributed by atoms with Crippen LogP contribution in [0.3, 0.4) is 0 Å². The van der Waals surface area contributed by atoms with Crippen LogP contribution < -0.4 is 5.32 Å². The lowest BCUT2D eigenvalue weighted by molar-refractivity contribution is 0.470. The topological polar surface area (TPSA) is 40.5 Å². The van der Waals surface area contributed by atoms with Crippen LogP contribution in [0.15, 0.2) is 36.0 Å². The van der Waals surface area contributed by atoms with E-state index in [9.17, 15) is 0 Å². The minimum Gasteiger partial charge on any atom is -0.352 e. The fraction of sp³-hybridized carbons (Fsp3) is 0.429. The SMILES string of the molecule is C=CCCCN(C)C(=NC)NCc1ccc(Cl)nc1. The molecule has 0 saturated heterocycles. The van der Waals surface area contributed by atoms with Crippen LogP contribution in [0.4, 0.5) is 0 Å². The lowest BCUT2D eigenvalue weighted by Crippen LogP contribution is -2.38. The molecular weight excluding hydrogens is 260 g/mol. The number of nitrogens with one attached hydrogen (secondary N) is 1. The monoisotopic (exact) mass is 280 g/mol. The number of guanidine groups is 1. The molecule has 0 spiro atoms. The summed E-state index contributed by atoms with van der Waals surface area (Å²) in [6.07, 6.45) is 5.79. The summed E-state index contributed by atoms with van der Waals surface area (Å²) in [6, 6.07) is 3.74. The van der Waals surface area contributed by atoms with Crippen molar-refractivity contribution < 1.29 is 0 Å². The number of hydrogen-bond acceptors (Lipinski definition) is 2. The third kappa shape index (κ3) is 5.75. The van der Waals surface area contributed by atoms with Gasteiger partial charge in [-0.25, -0.2) is 4.98 Å². The van der Waals surface area contributed by atoms with Crippen molar-refractivity contribution >= 4 is 17.6 Å². The van der Waals surface area contributed by atoms with E-state index in [1.54, 1.807) is 19.3 Å². The van der Waals surface area contributed by atoms with E-state index in [0.717, 1.165) is 30.9 Å². The fourth-order valence-corrected chi connectivity index (χ4v) is 1.77. The third-order valence-electron chi connectivity index (χ3n) is 2.71. The largest absolute Gasteiger partial charge is 0.352 e. The molecule has 104 valence electrons. The van der Waals surface area contributed by atoms with Gasteiger partial charge >= 0.3 is 0 Å². The molecule has 0 aliphatic heterocycles. The second-order valence-electron chi connectivity index (χ2n) is 4.24. The van der Waals surface area contributed by atoms with Crippen molar-refractivity contribution in [2.75, 3.05) is 20.6 Å². The molecule has 0 unspecified atom stereocenters. The maximum atomic E-state index is 5.75. The molecule has 1 N–H and O–H groups in total. The number of rotatable bonds is 6. The zero-order valence-electron chi connectivity index (χ0n) is 11.6. The number of allylic oxidation sites excluding steroid dienone is 1. The first-order valence-corrected chi connectivity index (χ1v) is 6.68. The van der Waals surface area contributed by atoms with Crippen LogP contribution in [0.2, 0.25) is 5.15 Å². The quantitative estimate of drug-likeness (QED) is 0.286. The molecule has 0 amide bonds. The maximum Gasteiger partial charge on any atom is 0.193 e. The Hall–Kier alpha value is -1.55. The molecule has 0 aliphatic rings. The average molecular weight is 281 g/mol. The van der Waals surface area contributed by atoms with Gasteiger partial charge in [-0.2, -0.15) is 0 Å². The number of aliphatic imine (C=N–C) groups is 1. The molecule has 0 bridgehead atoms. The minimum absolute atomic E-state index is 0.509. The Balaban J connectivity index is 2.44. The second kappa shape index (κ2) is 8.53. The minimum atomic E-state index is 0.509. The van der Waals surface area contributed by atoms with Crippen LogP contribution in [-0.4, -0.2) is 36.5 Å². The Kier molecular flexibility index (Phi) is 6.97. The van der Waals surface area contributed by atoms with Gasteiger partial charge in [0.1, 0.15) is 5.15 Å². The molecule has 0 fully saturated rings. The molecule has 1 aromatic heterocycles. The number of pyridine rings is 1. The van der Waals surface area contributed by atoms with Gasteiger partial charge in [0, 0.05) is 33.4 Å². The zero-order valence-corrected chi connectivity index (χ0v) is 12.3. The van der Waals surface area contributed by atoms with Gasteiger partial charge in [-0.05, 0) is 24.5 Å². The van der Waals surface area contributed by atoms with E-state index < -0.39 is 0 Å². The Labute approximate surface area is 120 Å². The number of halogens is 1. The van der Waals surface area contributed by atoms with E-state index in [2.05, 4.69) is 26.8 Å². The highest BCUT2D eigenvalue weighted by molar-refractivity contribution is 6.29. The van der Waals surface area contributed by atoms with E-state index in [-0.39, 0.29) is 0 Å². The van der Waals surface area contributed by atoms with Crippen molar-refractivity contribution in [2.24, 2.45) is 4.99 Å². The summed E-state index contributed by atoms with van der Waals surface area (Å²) in [6.45, 7) is 5.36. The van der Waals surface area contributed by atoms with Crippen LogP contribution in [0.25, 0.3) is 0 Å². The second-order valence-corrected chi connectivity index (χ2v) is 4.63. The van der Waals surface area contributed by atoms with Crippen LogP contribution in [0.5, 0.6) is 0 Å². The van der Waals surface area contributed by atoms with E-state index in [1.165, 1.54) is 0 Å². The maximum absolute atomic E-state index is 5.75. The van der Waals surface area contributed by atoms with Crippen LogP contribution in [0.1, 0.15) is 18.4 Å². The summed E-state index contributed by atoms with van der Waals surface area (Å²) in [5.74, 6) is 0.874. The van der Waals surface area contributed by atoms with Gasteiger partial charge < -0.3 is 10.2 Å². The van der Waals surface area contributed by atoms with Crippen molar-refractivity contribution in [1.82, 2.24) is 15.2 Å². The smallest absolute Gasteiger partial charge is 0.193 e. The molecule has 0 radical (unpaired) electrons. The van der Waals surface area contributed by atoms with Gasteiger partial charge in [0.05, 0.1) is 0 Å². The van der Waals surface area contributed by atoms with Gasteiger partial charge in [-0.1, -0.05) is 23.7 Å². The summed E-state index contributed by atoms with van der Waals surface area (Å²) in [5, 5.41) is 3.81. The van der Waals surface area contributed by atoms with Crippen LogP contribution in [-0.2, 0) is 6.54 Å². The molecule has 19 heavy (non-hydrogen) atoms. The highest BCUT2D eigenvalue weighted by Crippen LogP contribution is 2.05. The summed E-state index contributed by atoms with van der Waals surface area (Å²) >= 11 is 5.75. The molecule has 0 aliphatic carbocycles.